The van der Waals surface area contributed by atoms with Gasteiger partial charge in [0.25, 0.3) is 5.91 Å². The molecule has 0 spiro atoms. The molecule has 1 fully saturated rings. The summed E-state index contributed by atoms with van der Waals surface area (Å²) in [5.41, 5.74) is 1.23. The van der Waals surface area contributed by atoms with Gasteiger partial charge in [0, 0.05) is 18.7 Å². The third-order valence-electron chi connectivity index (χ3n) is 4.90. The van der Waals surface area contributed by atoms with Gasteiger partial charge in [-0.25, -0.2) is 8.78 Å². The van der Waals surface area contributed by atoms with Crippen LogP contribution in [-0.4, -0.2) is 29.8 Å². The predicted octanol–water partition coefficient (Wildman–Crippen LogP) is 3.69. The smallest absolute Gasteiger partial charge is 0.253 e. The van der Waals surface area contributed by atoms with Gasteiger partial charge in [-0.05, 0) is 61.7 Å². The van der Waals surface area contributed by atoms with Crippen molar-refractivity contribution in [1.82, 2.24) is 10.2 Å². The van der Waals surface area contributed by atoms with Gasteiger partial charge in [0.2, 0.25) is 5.91 Å². The number of piperidine rings is 1. The average Bonchev–Trinajstić information content (AvgIpc) is 2.68. The molecular formula is C21H22F2N2O2. The molecular weight excluding hydrogens is 350 g/mol. The van der Waals surface area contributed by atoms with Crippen molar-refractivity contribution in [2.45, 2.75) is 25.8 Å². The molecule has 3 rings (SSSR count). The molecule has 2 amide bonds. The van der Waals surface area contributed by atoms with Gasteiger partial charge in [-0.15, -0.1) is 0 Å². The van der Waals surface area contributed by atoms with Crippen molar-refractivity contribution >= 4 is 11.8 Å². The molecule has 27 heavy (non-hydrogen) atoms. The van der Waals surface area contributed by atoms with Gasteiger partial charge < -0.3 is 10.2 Å². The van der Waals surface area contributed by atoms with Gasteiger partial charge in [0.05, 0.1) is 12.0 Å². The molecule has 1 saturated heterocycles. The maximum absolute atomic E-state index is 13.0. The summed E-state index contributed by atoms with van der Waals surface area (Å²) in [4.78, 5) is 26.9. The molecule has 1 aliphatic rings. The first kappa shape index (κ1) is 19.0. The van der Waals surface area contributed by atoms with Crippen molar-refractivity contribution in [2.75, 3.05) is 13.1 Å². The van der Waals surface area contributed by atoms with E-state index in [1.165, 1.54) is 36.4 Å². The first-order chi connectivity index (χ1) is 12.9. The highest BCUT2D eigenvalue weighted by Crippen LogP contribution is 2.21. The van der Waals surface area contributed by atoms with E-state index in [9.17, 15) is 18.4 Å². The summed E-state index contributed by atoms with van der Waals surface area (Å²) >= 11 is 0. The Balaban J connectivity index is 1.61. The van der Waals surface area contributed by atoms with Crippen LogP contribution < -0.4 is 5.32 Å². The van der Waals surface area contributed by atoms with Crippen LogP contribution in [0.2, 0.25) is 0 Å². The van der Waals surface area contributed by atoms with E-state index in [1.54, 1.807) is 17.0 Å². The number of carbonyl (C=O) groups excluding carboxylic acids is 2. The molecule has 0 unspecified atom stereocenters. The van der Waals surface area contributed by atoms with Crippen LogP contribution in [0.1, 0.15) is 41.7 Å². The van der Waals surface area contributed by atoms with E-state index in [0.717, 1.165) is 12.0 Å². The fourth-order valence-electron chi connectivity index (χ4n) is 3.32. The number of hydrogen-bond acceptors (Lipinski definition) is 2. The number of rotatable bonds is 4. The third kappa shape index (κ3) is 4.70. The van der Waals surface area contributed by atoms with Crippen molar-refractivity contribution in [2.24, 2.45) is 5.92 Å². The van der Waals surface area contributed by atoms with E-state index in [0.29, 0.717) is 25.1 Å². The van der Waals surface area contributed by atoms with Crippen LogP contribution in [0.5, 0.6) is 0 Å². The molecule has 0 aliphatic carbocycles. The Bertz CT molecular complexity index is 806. The van der Waals surface area contributed by atoms with Crippen LogP contribution in [-0.2, 0) is 4.79 Å². The number of hydrogen-bond donors (Lipinski definition) is 1. The average molecular weight is 372 g/mol. The molecule has 0 radical (unpaired) electrons. The zero-order valence-corrected chi connectivity index (χ0v) is 15.1. The number of benzene rings is 2. The minimum atomic E-state index is -0.391. The molecule has 1 heterocycles. The highest BCUT2D eigenvalue weighted by Gasteiger charge is 2.29. The second-order valence-corrected chi connectivity index (χ2v) is 6.88. The quantitative estimate of drug-likeness (QED) is 0.890. The van der Waals surface area contributed by atoms with Gasteiger partial charge in [-0.1, -0.05) is 12.1 Å². The van der Waals surface area contributed by atoms with Crippen molar-refractivity contribution in [3.63, 3.8) is 0 Å². The van der Waals surface area contributed by atoms with Gasteiger partial charge in [-0.2, -0.15) is 0 Å². The van der Waals surface area contributed by atoms with Crippen molar-refractivity contribution in [3.8, 4) is 0 Å². The molecule has 4 nitrogen and oxygen atoms in total. The SMILES string of the molecule is C[C@@H](NC(=O)[C@H]1CCCN(C(=O)c2ccc(F)cc2)C1)c1ccc(F)cc1. The minimum absolute atomic E-state index is 0.122. The van der Waals surface area contributed by atoms with Crippen molar-refractivity contribution in [1.29, 1.82) is 0 Å². The Morgan fingerprint density at radius 3 is 2.26 bits per heavy atom. The van der Waals surface area contributed by atoms with Crippen LogP contribution in [0.15, 0.2) is 48.5 Å². The largest absolute Gasteiger partial charge is 0.349 e. The zero-order chi connectivity index (χ0) is 19.4. The molecule has 0 aromatic heterocycles. The standard InChI is InChI=1S/C21H22F2N2O2/c1-14(15-4-8-18(22)9-5-15)24-20(26)17-3-2-12-25(13-17)21(27)16-6-10-19(23)11-7-16/h4-11,14,17H,2-3,12-13H2,1H3,(H,24,26)/t14-,17+/m1/s1. The number of nitrogens with one attached hydrogen (secondary N) is 1. The molecule has 0 bridgehead atoms. The Kier molecular flexibility index (Phi) is 5.84. The number of halogens is 2. The Morgan fingerprint density at radius 1 is 1.04 bits per heavy atom. The molecule has 142 valence electrons. The Morgan fingerprint density at radius 2 is 1.63 bits per heavy atom. The lowest BCUT2D eigenvalue weighted by Gasteiger charge is -2.32. The number of nitrogens with zero attached hydrogens (tertiary/aromatic N) is 1. The van der Waals surface area contributed by atoms with Gasteiger partial charge >= 0.3 is 0 Å². The number of carbonyl (C=O) groups is 2. The maximum atomic E-state index is 13.0. The van der Waals surface area contributed by atoms with Crippen LogP contribution in [0.25, 0.3) is 0 Å². The monoisotopic (exact) mass is 372 g/mol. The van der Waals surface area contributed by atoms with Crippen molar-refractivity contribution < 1.29 is 18.4 Å². The predicted molar refractivity (Wildman–Crippen MR) is 98.0 cm³/mol. The normalized spacial score (nSPS) is 18.0. The number of amides is 2. The Hall–Kier alpha value is -2.76. The third-order valence-corrected chi connectivity index (χ3v) is 4.90. The number of likely N-dealkylation sites (tertiary alicyclic amines) is 1. The van der Waals surface area contributed by atoms with E-state index in [4.69, 9.17) is 0 Å². The lowest BCUT2D eigenvalue weighted by Crippen LogP contribution is -2.45. The lowest BCUT2D eigenvalue weighted by molar-refractivity contribution is -0.127. The Labute approximate surface area is 157 Å². The van der Waals surface area contributed by atoms with E-state index in [2.05, 4.69) is 5.32 Å². The summed E-state index contributed by atoms with van der Waals surface area (Å²) in [7, 11) is 0. The minimum Gasteiger partial charge on any atom is -0.349 e. The topological polar surface area (TPSA) is 49.4 Å². The van der Waals surface area contributed by atoms with Crippen LogP contribution >= 0.6 is 0 Å². The molecule has 2 aromatic rings. The van der Waals surface area contributed by atoms with Crippen molar-refractivity contribution in [3.05, 3.63) is 71.3 Å². The lowest BCUT2D eigenvalue weighted by atomic mass is 9.95. The van der Waals surface area contributed by atoms with E-state index in [-0.39, 0.29) is 29.6 Å². The first-order valence-electron chi connectivity index (χ1n) is 9.04. The van der Waals surface area contributed by atoms with Gasteiger partial charge in [0.1, 0.15) is 11.6 Å². The molecule has 1 N–H and O–H groups in total. The van der Waals surface area contributed by atoms with Gasteiger partial charge in [-0.3, -0.25) is 9.59 Å². The molecule has 1 aliphatic heterocycles. The molecule has 2 atom stereocenters. The highest BCUT2D eigenvalue weighted by atomic mass is 19.1. The van der Waals surface area contributed by atoms with Crippen LogP contribution in [0.3, 0.4) is 0 Å². The van der Waals surface area contributed by atoms with E-state index < -0.39 is 5.82 Å². The molecule has 0 saturated carbocycles. The van der Waals surface area contributed by atoms with E-state index in [1.807, 2.05) is 6.92 Å². The molecule has 6 heteroatoms. The summed E-state index contributed by atoms with van der Waals surface area (Å²) in [6, 6.07) is 11.2. The summed E-state index contributed by atoms with van der Waals surface area (Å²) < 4.78 is 26.1. The summed E-state index contributed by atoms with van der Waals surface area (Å²) in [6.45, 7) is 2.75. The van der Waals surface area contributed by atoms with Crippen LogP contribution in [0.4, 0.5) is 8.78 Å². The fraction of sp³-hybridized carbons (Fsp3) is 0.333. The van der Waals surface area contributed by atoms with Gasteiger partial charge in [0.15, 0.2) is 0 Å². The van der Waals surface area contributed by atoms with Crippen LogP contribution in [0, 0.1) is 17.6 Å². The van der Waals surface area contributed by atoms with E-state index >= 15 is 0 Å². The zero-order valence-electron chi connectivity index (χ0n) is 15.1. The summed E-state index contributed by atoms with van der Waals surface area (Å²) in [6.07, 6.45) is 1.44. The first-order valence-corrected chi connectivity index (χ1v) is 9.04. The summed E-state index contributed by atoms with van der Waals surface area (Å²) in [5, 5.41) is 2.94. The summed E-state index contributed by atoms with van der Waals surface area (Å²) in [5.74, 6) is -1.33. The molecule has 2 aromatic carbocycles. The fourth-order valence-corrected chi connectivity index (χ4v) is 3.32. The second kappa shape index (κ2) is 8.29. The highest BCUT2D eigenvalue weighted by molar-refractivity contribution is 5.94. The maximum Gasteiger partial charge on any atom is 0.253 e. The second-order valence-electron chi connectivity index (χ2n) is 6.88.